The number of halogens is 2. The van der Waals surface area contributed by atoms with Crippen LogP contribution in [-0.4, -0.2) is 23.9 Å². The first-order chi connectivity index (χ1) is 12.6. The Hall–Kier alpha value is -1.73. The number of hydrogen-bond donors (Lipinski definition) is 1. The molecule has 134 valence electrons. The van der Waals surface area contributed by atoms with Crippen LogP contribution >= 0.6 is 34.3 Å². The van der Waals surface area contributed by atoms with E-state index in [0.29, 0.717) is 5.02 Å². The summed E-state index contributed by atoms with van der Waals surface area (Å²) in [5, 5.41) is 7.13. The summed E-state index contributed by atoms with van der Waals surface area (Å²) in [5.74, 6) is -0.758. The van der Waals surface area contributed by atoms with E-state index in [0.717, 1.165) is 13.0 Å². The van der Waals surface area contributed by atoms with Crippen LogP contribution in [0.4, 0.5) is 10.1 Å². The number of rotatable bonds is 4. The number of fused-ring (bicyclic) bond motifs is 1. The van der Waals surface area contributed by atoms with E-state index in [1.165, 1.54) is 27.5 Å². The van der Waals surface area contributed by atoms with Crippen LogP contribution in [0.5, 0.6) is 0 Å². The summed E-state index contributed by atoms with van der Waals surface area (Å²) in [6.45, 7) is 1.01. The first-order valence-electron chi connectivity index (χ1n) is 8.20. The number of benzene rings is 1. The number of anilines is 1. The standard InChI is InChI=1S/C19H16ClFN2OS2/c20-12-3-4-15(14(21)10-12)22-18(24)11-23-7-5-16-13(6-9-26-16)19(23)17-2-1-8-25-17/h1-4,6,8-10,19H,5,7,11H2,(H,22,24)/t19-/m0/s1. The summed E-state index contributed by atoms with van der Waals surface area (Å²) >= 11 is 9.22. The largest absolute Gasteiger partial charge is 0.322 e. The van der Waals surface area contributed by atoms with Gasteiger partial charge in [-0.25, -0.2) is 4.39 Å². The van der Waals surface area contributed by atoms with Crippen LogP contribution < -0.4 is 5.32 Å². The quantitative estimate of drug-likeness (QED) is 0.646. The Labute approximate surface area is 164 Å². The van der Waals surface area contributed by atoms with Gasteiger partial charge in [-0.2, -0.15) is 0 Å². The lowest BCUT2D eigenvalue weighted by Gasteiger charge is -2.34. The van der Waals surface area contributed by atoms with Crippen molar-refractivity contribution in [3.05, 3.63) is 73.3 Å². The third-order valence-electron chi connectivity index (χ3n) is 4.43. The fraction of sp³-hybridized carbons (Fsp3) is 0.211. The van der Waals surface area contributed by atoms with Crippen molar-refractivity contribution >= 4 is 45.9 Å². The van der Waals surface area contributed by atoms with E-state index >= 15 is 0 Å². The molecule has 7 heteroatoms. The molecule has 1 aromatic carbocycles. The van der Waals surface area contributed by atoms with Gasteiger partial charge in [0, 0.05) is 21.3 Å². The van der Waals surface area contributed by atoms with Gasteiger partial charge in [-0.1, -0.05) is 17.7 Å². The first kappa shape index (κ1) is 17.7. The molecule has 0 radical (unpaired) electrons. The molecule has 1 aliphatic heterocycles. The van der Waals surface area contributed by atoms with E-state index in [2.05, 4.69) is 33.1 Å². The van der Waals surface area contributed by atoms with Crippen molar-refractivity contribution < 1.29 is 9.18 Å². The summed E-state index contributed by atoms with van der Waals surface area (Å²) < 4.78 is 13.9. The third kappa shape index (κ3) is 3.55. The molecule has 0 aliphatic carbocycles. The molecule has 0 unspecified atom stereocenters. The summed E-state index contributed by atoms with van der Waals surface area (Å²) in [6.07, 6.45) is 0.928. The fourth-order valence-corrected chi connectivity index (χ4v) is 5.22. The normalized spacial score (nSPS) is 17.1. The van der Waals surface area contributed by atoms with Crippen LogP contribution in [0.3, 0.4) is 0 Å². The zero-order valence-electron chi connectivity index (χ0n) is 13.7. The Morgan fingerprint density at radius 3 is 2.92 bits per heavy atom. The van der Waals surface area contributed by atoms with Gasteiger partial charge in [-0.05, 0) is 53.1 Å². The van der Waals surface area contributed by atoms with E-state index in [1.54, 1.807) is 28.7 Å². The number of carbonyl (C=O) groups is 1. The molecule has 3 nitrogen and oxygen atoms in total. The van der Waals surface area contributed by atoms with Gasteiger partial charge in [0.15, 0.2) is 0 Å². The molecule has 0 spiro atoms. The molecule has 0 fully saturated rings. The van der Waals surface area contributed by atoms with E-state index in [9.17, 15) is 9.18 Å². The van der Waals surface area contributed by atoms with Gasteiger partial charge in [0.2, 0.25) is 5.91 Å². The van der Waals surface area contributed by atoms with Gasteiger partial charge in [0.05, 0.1) is 18.3 Å². The summed E-state index contributed by atoms with van der Waals surface area (Å²) in [6, 6.07) is 10.6. The molecule has 0 saturated heterocycles. The number of carbonyl (C=O) groups excluding carboxylic acids is 1. The van der Waals surface area contributed by atoms with Crippen molar-refractivity contribution in [3.63, 3.8) is 0 Å². The first-order valence-corrected chi connectivity index (χ1v) is 10.3. The van der Waals surface area contributed by atoms with Crippen LogP contribution in [-0.2, 0) is 11.2 Å². The van der Waals surface area contributed by atoms with Crippen molar-refractivity contribution in [2.45, 2.75) is 12.5 Å². The number of nitrogens with zero attached hydrogens (tertiary/aromatic N) is 1. The Kier molecular flexibility index (Phi) is 5.09. The smallest absolute Gasteiger partial charge is 0.238 e. The van der Waals surface area contributed by atoms with Gasteiger partial charge < -0.3 is 5.32 Å². The number of nitrogens with one attached hydrogen (secondary N) is 1. The maximum Gasteiger partial charge on any atom is 0.238 e. The molecule has 0 saturated carbocycles. The molecule has 1 amide bonds. The average Bonchev–Trinajstić information content (AvgIpc) is 3.28. The molecular weight excluding hydrogens is 391 g/mol. The van der Waals surface area contributed by atoms with Gasteiger partial charge in [0.25, 0.3) is 0 Å². The third-order valence-corrected chi connectivity index (χ3v) is 6.59. The lowest BCUT2D eigenvalue weighted by molar-refractivity contribution is -0.117. The lowest BCUT2D eigenvalue weighted by Crippen LogP contribution is -2.40. The highest BCUT2D eigenvalue weighted by atomic mass is 35.5. The van der Waals surface area contributed by atoms with Crippen LogP contribution in [0.1, 0.15) is 21.4 Å². The van der Waals surface area contributed by atoms with Crippen molar-refractivity contribution in [2.24, 2.45) is 0 Å². The number of hydrogen-bond acceptors (Lipinski definition) is 4. The monoisotopic (exact) mass is 406 g/mol. The second-order valence-corrected chi connectivity index (χ2v) is 8.53. The van der Waals surface area contributed by atoms with Gasteiger partial charge in [0.1, 0.15) is 5.82 Å². The van der Waals surface area contributed by atoms with E-state index < -0.39 is 5.82 Å². The minimum Gasteiger partial charge on any atom is -0.322 e. The maximum atomic E-state index is 13.9. The van der Waals surface area contributed by atoms with E-state index in [-0.39, 0.29) is 24.2 Å². The average molecular weight is 407 g/mol. The maximum absolute atomic E-state index is 13.9. The lowest BCUT2D eigenvalue weighted by atomic mass is 9.98. The highest BCUT2D eigenvalue weighted by Gasteiger charge is 2.31. The van der Waals surface area contributed by atoms with Crippen LogP contribution in [0.25, 0.3) is 0 Å². The van der Waals surface area contributed by atoms with Gasteiger partial charge in [-0.3, -0.25) is 9.69 Å². The predicted molar refractivity (Wildman–Crippen MR) is 106 cm³/mol. The Morgan fingerprint density at radius 2 is 2.15 bits per heavy atom. The molecule has 2 aromatic heterocycles. The van der Waals surface area contributed by atoms with E-state index in [1.807, 2.05) is 6.07 Å². The van der Waals surface area contributed by atoms with Gasteiger partial charge >= 0.3 is 0 Å². The molecule has 26 heavy (non-hydrogen) atoms. The number of amides is 1. The SMILES string of the molecule is O=C(CN1CCc2sccc2[C@H]1c1cccs1)Nc1ccc(Cl)cc1F. The highest BCUT2D eigenvalue weighted by molar-refractivity contribution is 7.10. The van der Waals surface area contributed by atoms with Crippen molar-refractivity contribution in [1.82, 2.24) is 4.90 Å². The van der Waals surface area contributed by atoms with Crippen LogP contribution in [0.15, 0.2) is 47.2 Å². The molecule has 1 atom stereocenters. The molecule has 4 rings (SSSR count). The summed E-state index contributed by atoms with van der Waals surface area (Å²) in [5.41, 5.74) is 1.43. The zero-order chi connectivity index (χ0) is 18.1. The second kappa shape index (κ2) is 7.48. The molecule has 0 bridgehead atoms. The molecule has 1 N–H and O–H groups in total. The van der Waals surface area contributed by atoms with Crippen molar-refractivity contribution in [1.29, 1.82) is 0 Å². The highest BCUT2D eigenvalue weighted by Crippen LogP contribution is 2.39. The molecule has 1 aliphatic rings. The van der Waals surface area contributed by atoms with Gasteiger partial charge in [-0.15, -0.1) is 22.7 Å². The number of thiophene rings is 2. The van der Waals surface area contributed by atoms with Crippen LogP contribution in [0.2, 0.25) is 5.02 Å². The topological polar surface area (TPSA) is 32.3 Å². The Morgan fingerprint density at radius 1 is 1.27 bits per heavy atom. The molecule has 3 heterocycles. The molecule has 3 aromatic rings. The second-order valence-electron chi connectivity index (χ2n) is 6.11. The van der Waals surface area contributed by atoms with E-state index in [4.69, 9.17) is 11.6 Å². The summed E-state index contributed by atoms with van der Waals surface area (Å²) in [7, 11) is 0. The Bertz CT molecular complexity index is 926. The van der Waals surface area contributed by atoms with Crippen molar-refractivity contribution in [3.8, 4) is 0 Å². The Balaban J connectivity index is 1.54. The molecular formula is C19H16ClFN2OS2. The van der Waals surface area contributed by atoms with Crippen LogP contribution in [0, 0.1) is 5.82 Å². The minimum absolute atomic E-state index is 0.0748. The summed E-state index contributed by atoms with van der Waals surface area (Å²) in [4.78, 5) is 17.3. The predicted octanol–water partition coefficient (Wildman–Crippen LogP) is 5.19. The zero-order valence-corrected chi connectivity index (χ0v) is 16.1. The van der Waals surface area contributed by atoms with Crippen molar-refractivity contribution in [2.75, 3.05) is 18.4 Å². The fourth-order valence-electron chi connectivity index (χ4n) is 3.28. The minimum atomic E-state index is -0.528.